The summed E-state index contributed by atoms with van der Waals surface area (Å²) >= 11 is 0. The average molecular weight is 210 g/mol. The minimum atomic E-state index is 0.599. The molecule has 0 saturated heterocycles. The molecule has 1 atom stereocenters. The van der Waals surface area contributed by atoms with Crippen LogP contribution in [0.2, 0.25) is 0 Å². The summed E-state index contributed by atoms with van der Waals surface area (Å²) in [5.41, 5.74) is 0. The van der Waals surface area contributed by atoms with Crippen molar-refractivity contribution >= 4 is 0 Å². The van der Waals surface area contributed by atoms with Crippen LogP contribution in [-0.2, 0) is 0 Å². The number of rotatable bonds is 6. The molecule has 0 aromatic carbocycles. The maximum Gasteiger partial charge on any atom is 0.101 e. The maximum atomic E-state index is 2.46. The molecule has 0 spiro atoms. The molecule has 1 aliphatic rings. The molecular formula is C13H26N2. The smallest absolute Gasteiger partial charge is 0.101 e. The summed E-state index contributed by atoms with van der Waals surface area (Å²) in [6, 6.07) is 0.613. The van der Waals surface area contributed by atoms with Gasteiger partial charge in [0.05, 0.1) is 0 Å². The van der Waals surface area contributed by atoms with Gasteiger partial charge in [0, 0.05) is 25.5 Å². The first-order valence-electron chi connectivity index (χ1n) is 6.34. The van der Waals surface area contributed by atoms with Crippen LogP contribution in [-0.4, -0.2) is 29.1 Å². The molecule has 1 heterocycles. The zero-order chi connectivity index (χ0) is 11.3. The normalized spacial score (nSPS) is 20.7. The fraction of sp³-hybridized carbons (Fsp3) is 0.846. The Morgan fingerprint density at radius 3 is 2.47 bits per heavy atom. The molecule has 2 heteroatoms. The number of unbranched alkanes of at least 4 members (excludes halogenated alkanes) is 3. The molecule has 0 aromatic rings. The SMILES string of the molecule is CCCCCCC1N(C)C=CN1C(C)C. The minimum Gasteiger partial charge on any atom is -0.359 e. The van der Waals surface area contributed by atoms with Crippen molar-refractivity contribution in [1.29, 1.82) is 0 Å². The zero-order valence-electron chi connectivity index (χ0n) is 10.7. The average Bonchev–Trinajstić information content (AvgIpc) is 2.55. The highest BCUT2D eigenvalue weighted by Crippen LogP contribution is 2.21. The van der Waals surface area contributed by atoms with E-state index in [9.17, 15) is 0 Å². The van der Waals surface area contributed by atoms with E-state index in [0.717, 1.165) is 0 Å². The van der Waals surface area contributed by atoms with Gasteiger partial charge in [0.25, 0.3) is 0 Å². The quantitative estimate of drug-likeness (QED) is 0.620. The van der Waals surface area contributed by atoms with Gasteiger partial charge in [-0.2, -0.15) is 0 Å². The van der Waals surface area contributed by atoms with Crippen LogP contribution >= 0.6 is 0 Å². The van der Waals surface area contributed by atoms with Gasteiger partial charge in [-0.3, -0.25) is 0 Å². The monoisotopic (exact) mass is 210 g/mol. The van der Waals surface area contributed by atoms with Gasteiger partial charge >= 0.3 is 0 Å². The van der Waals surface area contributed by atoms with E-state index >= 15 is 0 Å². The molecule has 0 aromatic heterocycles. The Labute approximate surface area is 94.9 Å². The maximum absolute atomic E-state index is 2.46. The van der Waals surface area contributed by atoms with Crippen LogP contribution < -0.4 is 0 Å². The third-order valence-electron chi connectivity index (χ3n) is 3.20. The Balaban J connectivity index is 2.32. The second-order valence-electron chi connectivity index (χ2n) is 4.83. The summed E-state index contributed by atoms with van der Waals surface area (Å²) in [7, 11) is 2.18. The van der Waals surface area contributed by atoms with E-state index < -0.39 is 0 Å². The van der Waals surface area contributed by atoms with Gasteiger partial charge in [-0.1, -0.05) is 26.2 Å². The van der Waals surface area contributed by atoms with E-state index in [1.54, 1.807) is 0 Å². The molecule has 0 N–H and O–H groups in total. The minimum absolute atomic E-state index is 0.599. The molecule has 0 amide bonds. The van der Waals surface area contributed by atoms with E-state index in [1.807, 2.05) is 0 Å². The van der Waals surface area contributed by atoms with E-state index in [2.05, 4.69) is 50.0 Å². The highest BCUT2D eigenvalue weighted by molar-refractivity contribution is 4.96. The molecule has 0 fully saturated rings. The van der Waals surface area contributed by atoms with Gasteiger partial charge in [0.2, 0.25) is 0 Å². The molecule has 0 bridgehead atoms. The Bertz CT molecular complexity index is 199. The van der Waals surface area contributed by atoms with Crippen molar-refractivity contribution in [2.24, 2.45) is 0 Å². The molecule has 1 unspecified atom stereocenters. The fourth-order valence-electron chi connectivity index (χ4n) is 2.21. The summed E-state index contributed by atoms with van der Waals surface area (Å²) in [6.45, 7) is 6.80. The van der Waals surface area contributed by atoms with Crippen molar-refractivity contribution in [3.05, 3.63) is 12.4 Å². The molecule has 0 saturated carbocycles. The molecular weight excluding hydrogens is 184 g/mol. The van der Waals surface area contributed by atoms with Crippen LogP contribution in [0.3, 0.4) is 0 Å². The van der Waals surface area contributed by atoms with Crippen LogP contribution in [0.15, 0.2) is 12.4 Å². The summed E-state index contributed by atoms with van der Waals surface area (Å²) < 4.78 is 0. The summed E-state index contributed by atoms with van der Waals surface area (Å²) in [6.07, 6.45) is 11.8. The predicted octanol–water partition coefficient (Wildman–Crippen LogP) is 3.41. The van der Waals surface area contributed by atoms with Gasteiger partial charge in [-0.05, 0) is 26.7 Å². The first-order chi connectivity index (χ1) is 7.16. The van der Waals surface area contributed by atoms with Crippen LogP contribution in [0, 0.1) is 0 Å². The molecule has 1 rings (SSSR count). The molecule has 1 aliphatic heterocycles. The van der Waals surface area contributed by atoms with Crippen LogP contribution in [0.1, 0.15) is 52.9 Å². The van der Waals surface area contributed by atoms with Gasteiger partial charge in [0.15, 0.2) is 0 Å². The predicted molar refractivity (Wildman–Crippen MR) is 66.4 cm³/mol. The Morgan fingerprint density at radius 2 is 1.87 bits per heavy atom. The van der Waals surface area contributed by atoms with E-state index in [0.29, 0.717) is 12.2 Å². The molecule has 15 heavy (non-hydrogen) atoms. The van der Waals surface area contributed by atoms with Gasteiger partial charge in [-0.15, -0.1) is 0 Å². The topological polar surface area (TPSA) is 6.48 Å². The Hall–Kier alpha value is -0.660. The largest absolute Gasteiger partial charge is 0.359 e. The lowest BCUT2D eigenvalue weighted by atomic mass is 10.1. The number of hydrogen-bond donors (Lipinski definition) is 0. The van der Waals surface area contributed by atoms with Crippen molar-refractivity contribution in [3.8, 4) is 0 Å². The molecule has 88 valence electrons. The lowest BCUT2D eigenvalue weighted by Crippen LogP contribution is -2.40. The first kappa shape index (κ1) is 12.4. The van der Waals surface area contributed by atoms with Crippen LogP contribution in [0.4, 0.5) is 0 Å². The first-order valence-corrected chi connectivity index (χ1v) is 6.34. The van der Waals surface area contributed by atoms with Crippen molar-refractivity contribution < 1.29 is 0 Å². The van der Waals surface area contributed by atoms with Gasteiger partial charge in [0.1, 0.15) is 6.17 Å². The summed E-state index contributed by atoms with van der Waals surface area (Å²) in [4.78, 5) is 4.80. The van der Waals surface area contributed by atoms with E-state index in [4.69, 9.17) is 0 Å². The summed E-state index contributed by atoms with van der Waals surface area (Å²) in [5.74, 6) is 0. The third kappa shape index (κ3) is 3.44. The Morgan fingerprint density at radius 1 is 1.13 bits per heavy atom. The standard InChI is InChI=1S/C13H26N2/c1-5-6-7-8-9-13-14(4)10-11-15(13)12(2)3/h10-13H,5-9H2,1-4H3. The van der Waals surface area contributed by atoms with Crippen molar-refractivity contribution in [1.82, 2.24) is 9.80 Å². The third-order valence-corrected chi connectivity index (χ3v) is 3.20. The zero-order valence-corrected chi connectivity index (χ0v) is 10.7. The highest BCUT2D eigenvalue weighted by Gasteiger charge is 2.24. The van der Waals surface area contributed by atoms with Crippen molar-refractivity contribution in [3.63, 3.8) is 0 Å². The molecule has 2 nitrogen and oxygen atoms in total. The van der Waals surface area contributed by atoms with Crippen molar-refractivity contribution in [2.45, 2.75) is 65.1 Å². The molecule has 0 aliphatic carbocycles. The van der Waals surface area contributed by atoms with Crippen LogP contribution in [0.25, 0.3) is 0 Å². The number of hydrogen-bond acceptors (Lipinski definition) is 2. The van der Waals surface area contributed by atoms with Gasteiger partial charge < -0.3 is 9.80 Å². The Kier molecular flexibility index (Phi) is 5.00. The second kappa shape index (κ2) is 6.04. The van der Waals surface area contributed by atoms with Crippen LogP contribution in [0.5, 0.6) is 0 Å². The van der Waals surface area contributed by atoms with E-state index in [-0.39, 0.29) is 0 Å². The lowest BCUT2D eigenvalue weighted by Gasteiger charge is -2.33. The highest BCUT2D eigenvalue weighted by atomic mass is 15.4. The van der Waals surface area contributed by atoms with Crippen molar-refractivity contribution in [2.75, 3.05) is 7.05 Å². The summed E-state index contributed by atoms with van der Waals surface area (Å²) in [5, 5.41) is 0. The van der Waals surface area contributed by atoms with Gasteiger partial charge in [-0.25, -0.2) is 0 Å². The van der Waals surface area contributed by atoms with E-state index in [1.165, 1.54) is 32.1 Å². The second-order valence-corrected chi connectivity index (χ2v) is 4.83. The molecule has 0 radical (unpaired) electrons. The fourth-order valence-corrected chi connectivity index (χ4v) is 2.21. The number of nitrogens with zero attached hydrogens (tertiary/aromatic N) is 2. The lowest BCUT2D eigenvalue weighted by molar-refractivity contribution is 0.134.